The molecule has 2 aromatic rings. The lowest BCUT2D eigenvalue weighted by molar-refractivity contribution is -0.122. The highest BCUT2D eigenvalue weighted by Gasteiger charge is 2.20. The Kier molecular flexibility index (Phi) is 6.24. The van der Waals surface area contributed by atoms with Crippen molar-refractivity contribution in [1.82, 2.24) is 0 Å². The number of rotatable bonds is 7. The molecule has 0 bridgehead atoms. The van der Waals surface area contributed by atoms with Crippen molar-refractivity contribution in [3.63, 3.8) is 0 Å². The molecule has 0 heterocycles. The fourth-order valence-corrected chi connectivity index (χ4v) is 2.55. The van der Waals surface area contributed by atoms with E-state index >= 15 is 0 Å². The van der Waals surface area contributed by atoms with Crippen molar-refractivity contribution < 1.29 is 14.3 Å². The van der Waals surface area contributed by atoms with Gasteiger partial charge in [0.15, 0.2) is 6.10 Å². The van der Waals surface area contributed by atoms with Gasteiger partial charge in [-0.3, -0.25) is 4.79 Å². The van der Waals surface area contributed by atoms with Gasteiger partial charge < -0.3 is 14.8 Å². The summed E-state index contributed by atoms with van der Waals surface area (Å²) in [4.78, 5) is 12.6. The summed E-state index contributed by atoms with van der Waals surface area (Å²) in [7, 11) is 0. The van der Waals surface area contributed by atoms with E-state index in [1.54, 1.807) is 0 Å². The Balaban J connectivity index is 2.11. The minimum atomic E-state index is -0.555. The smallest absolute Gasteiger partial charge is 0.265 e. The maximum absolute atomic E-state index is 12.6. The predicted octanol–water partition coefficient (Wildman–Crippen LogP) is 4.50. The molecule has 128 valence electrons. The van der Waals surface area contributed by atoms with Crippen molar-refractivity contribution in [3.8, 4) is 11.5 Å². The molecule has 0 aliphatic carbocycles. The van der Waals surface area contributed by atoms with Crippen molar-refractivity contribution in [3.05, 3.63) is 53.6 Å². The van der Waals surface area contributed by atoms with Crippen LogP contribution in [-0.2, 0) is 4.79 Å². The highest BCUT2D eigenvalue weighted by atomic mass is 16.5. The molecule has 0 saturated carbocycles. The molecule has 4 heteroatoms. The number of carbonyl (C=O) groups excluding carboxylic acids is 1. The quantitative estimate of drug-likeness (QED) is 0.814. The molecule has 1 atom stereocenters. The third-order valence-corrected chi connectivity index (χ3v) is 3.58. The second-order valence-corrected chi connectivity index (χ2v) is 5.76. The Morgan fingerprint density at radius 2 is 1.75 bits per heavy atom. The molecule has 0 aromatic heterocycles. The van der Waals surface area contributed by atoms with E-state index in [1.165, 1.54) is 0 Å². The maximum Gasteiger partial charge on any atom is 0.265 e. The van der Waals surface area contributed by atoms with Gasteiger partial charge in [0.1, 0.15) is 11.5 Å². The standard InChI is InChI=1S/C20H25NO3/c1-5-18(24-16-12-14(3)11-15(4)13-16)20(22)21-17-9-7-8-10-19(17)23-6-2/h7-13,18H,5-6H2,1-4H3,(H,21,22). The lowest BCUT2D eigenvalue weighted by Crippen LogP contribution is -2.32. The van der Waals surface area contributed by atoms with E-state index in [0.717, 1.165) is 11.1 Å². The summed E-state index contributed by atoms with van der Waals surface area (Å²) < 4.78 is 11.5. The van der Waals surface area contributed by atoms with E-state index in [0.29, 0.717) is 30.2 Å². The lowest BCUT2D eigenvalue weighted by Gasteiger charge is -2.19. The van der Waals surface area contributed by atoms with Gasteiger partial charge in [-0.25, -0.2) is 0 Å². The highest BCUT2D eigenvalue weighted by Crippen LogP contribution is 2.25. The van der Waals surface area contributed by atoms with Crippen LogP contribution in [0.2, 0.25) is 0 Å². The summed E-state index contributed by atoms with van der Waals surface area (Å²) in [6.45, 7) is 8.42. The molecule has 24 heavy (non-hydrogen) atoms. The Morgan fingerprint density at radius 1 is 1.08 bits per heavy atom. The van der Waals surface area contributed by atoms with E-state index in [4.69, 9.17) is 9.47 Å². The van der Waals surface area contributed by atoms with E-state index < -0.39 is 6.10 Å². The molecule has 0 aliphatic rings. The van der Waals surface area contributed by atoms with Crippen LogP contribution in [0.3, 0.4) is 0 Å². The van der Waals surface area contributed by atoms with Crippen molar-refractivity contribution in [1.29, 1.82) is 0 Å². The number of amides is 1. The first kappa shape index (κ1) is 17.9. The van der Waals surface area contributed by atoms with Gasteiger partial charge in [0.2, 0.25) is 0 Å². The van der Waals surface area contributed by atoms with Gasteiger partial charge >= 0.3 is 0 Å². The van der Waals surface area contributed by atoms with Crippen LogP contribution in [0.25, 0.3) is 0 Å². The Labute approximate surface area is 143 Å². The van der Waals surface area contributed by atoms with Gasteiger partial charge in [-0.1, -0.05) is 25.1 Å². The number of para-hydroxylation sites is 2. The minimum Gasteiger partial charge on any atom is -0.492 e. The summed E-state index contributed by atoms with van der Waals surface area (Å²) in [5, 5.41) is 2.91. The number of benzene rings is 2. The molecule has 1 amide bonds. The zero-order valence-corrected chi connectivity index (χ0v) is 14.8. The molecule has 2 rings (SSSR count). The predicted molar refractivity (Wildman–Crippen MR) is 96.9 cm³/mol. The number of aryl methyl sites for hydroxylation is 2. The zero-order valence-electron chi connectivity index (χ0n) is 14.8. The monoisotopic (exact) mass is 327 g/mol. The number of hydrogen-bond donors (Lipinski definition) is 1. The molecule has 0 fully saturated rings. The largest absolute Gasteiger partial charge is 0.492 e. The number of nitrogens with one attached hydrogen (secondary N) is 1. The van der Waals surface area contributed by atoms with Crippen molar-refractivity contribution >= 4 is 11.6 Å². The van der Waals surface area contributed by atoms with Crippen molar-refractivity contribution in [2.75, 3.05) is 11.9 Å². The fraction of sp³-hybridized carbons (Fsp3) is 0.350. The molecule has 0 radical (unpaired) electrons. The van der Waals surface area contributed by atoms with Crippen LogP contribution in [0, 0.1) is 13.8 Å². The van der Waals surface area contributed by atoms with Crippen LogP contribution in [0.15, 0.2) is 42.5 Å². The molecule has 0 spiro atoms. The summed E-state index contributed by atoms with van der Waals surface area (Å²) in [6.07, 6.45) is 0.0243. The molecule has 2 aromatic carbocycles. The summed E-state index contributed by atoms with van der Waals surface area (Å²) >= 11 is 0. The third kappa shape index (κ3) is 4.75. The average Bonchev–Trinajstić information content (AvgIpc) is 2.53. The van der Waals surface area contributed by atoms with E-state index in [2.05, 4.69) is 11.4 Å². The van der Waals surface area contributed by atoms with Crippen LogP contribution >= 0.6 is 0 Å². The molecule has 1 N–H and O–H groups in total. The van der Waals surface area contributed by atoms with E-state index in [-0.39, 0.29) is 5.91 Å². The first-order valence-electron chi connectivity index (χ1n) is 8.31. The average molecular weight is 327 g/mol. The van der Waals surface area contributed by atoms with Crippen LogP contribution in [0.1, 0.15) is 31.4 Å². The normalized spacial score (nSPS) is 11.7. The van der Waals surface area contributed by atoms with Crippen LogP contribution < -0.4 is 14.8 Å². The van der Waals surface area contributed by atoms with Crippen LogP contribution in [0.4, 0.5) is 5.69 Å². The topological polar surface area (TPSA) is 47.6 Å². The van der Waals surface area contributed by atoms with Gasteiger partial charge in [0, 0.05) is 0 Å². The zero-order chi connectivity index (χ0) is 17.5. The number of ether oxygens (including phenoxy) is 2. The summed E-state index contributed by atoms with van der Waals surface area (Å²) in [5.41, 5.74) is 2.88. The van der Waals surface area contributed by atoms with Gasteiger partial charge in [-0.15, -0.1) is 0 Å². The third-order valence-electron chi connectivity index (χ3n) is 3.58. The lowest BCUT2D eigenvalue weighted by atomic mass is 10.1. The fourth-order valence-electron chi connectivity index (χ4n) is 2.55. The molecule has 4 nitrogen and oxygen atoms in total. The minimum absolute atomic E-state index is 0.177. The number of carbonyl (C=O) groups is 1. The van der Waals surface area contributed by atoms with Crippen LogP contribution in [0.5, 0.6) is 11.5 Å². The Morgan fingerprint density at radius 3 is 2.38 bits per heavy atom. The first-order valence-corrected chi connectivity index (χ1v) is 8.31. The molecule has 1 unspecified atom stereocenters. The van der Waals surface area contributed by atoms with Crippen molar-refractivity contribution in [2.45, 2.75) is 40.2 Å². The highest BCUT2D eigenvalue weighted by molar-refractivity contribution is 5.95. The van der Waals surface area contributed by atoms with E-state index in [9.17, 15) is 4.79 Å². The second-order valence-electron chi connectivity index (χ2n) is 5.76. The van der Waals surface area contributed by atoms with Crippen molar-refractivity contribution in [2.24, 2.45) is 0 Å². The summed E-state index contributed by atoms with van der Waals surface area (Å²) in [5.74, 6) is 1.20. The van der Waals surface area contributed by atoms with Gasteiger partial charge in [0.25, 0.3) is 5.91 Å². The van der Waals surface area contributed by atoms with Gasteiger partial charge in [-0.05, 0) is 62.6 Å². The molecule has 0 saturated heterocycles. The number of hydrogen-bond acceptors (Lipinski definition) is 3. The number of anilines is 1. The van der Waals surface area contributed by atoms with Gasteiger partial charge in [-0.2, -0.15) is 0 Å². The Hall–Kier alpha value is -2.49. The van der Waals surface area contributed by atoms with E-state index in [1.807, 2.05) is 64.1 Å². The molecule has 0 aliphatic heterocycles. The molecular formula is C20H25NO3. The van der Waals surface area contributed by atoms with Gasteiger partial charge in [0.05, 0.1) is 12.3 Å². The second kappa shape index (κ2) is 8.39. The Bertz CT molecular complexity index is 677. The maximum atomic E-state index is 12.6. The summed E-state index contributed by atoms with van der Waals surface area (Å²) in [6, 6.07) is 13.4. The SMILES string of the molecule is CCOc1ccccc1NC(=O)C(CC)Oc1cc(C)cc(C)c1. The molecular weight excluding hydrogens is 302 g/mol. The van der Waals surface area contributed by atoms with Crippen LogP contribution in [-0.4, -0.2) is 18.6 Å². The first-order chi connectivity index (χ1) is 11.5.